The van der Waals surface area contributed by atoms with Crippen molar-refractivity contribution in [3.8, 4) is 11.3 Å². The van der Waals surface area contributed by atoms with Crippen LogP contribution in [0.3, 0.4) is 0 Å². The quantitative estimate of drug-likeness (QED) is 0.803. The zero-order valence-corrected chi connectivity index (χ0v) is 11.2. The Balaban J connectivity index is 2.50. The van der Waals surface area contributed by atoms with Crippen molar-refractivity contribution in [1.82, 2.24) is 9.97 Å². The summed E-state index contributed by atoms with van der Waals surface area (Å²) < 4.78 is 43.3. The number of hydrogen-bond acceptors (Lipinski definition) is 4. The highest BCUT2D eigenvalue weighted by Crippen LogP contribution is 2.39. The number of thiophene rings is 1. The fourth-order valence-corrected chi connectivity index (χ4v) is 2.56. The van der Waals surface area contributed by atoms with Gasteiger partial charge in [0, 0.05) is 29.5 Å². The summed E-state index contributed by atoms with van der Waals surface area (Å²) >= 11 is 6.74. The number of methoxy groups -OCH3 is 1. The molecule has 0 aliphatic rings. The minimum atomic E-state index is -4.42. The third-order valence-electron chi connectivity index (χ3n) is 2.26. The Morgan fingerprint density at radius 3 is 2.68 bits per heavy atom. The van der Waals surface area contributed by atoms with Crippen LogP contribution in [0.1, 0.15) is 11.4 Å². The van der Waals surface area contributed by atoms with Crippen LogP contribution >= 0.6 is 22.9 Å². The number of rotatable bonds is 3. The van der Waals surface area contributed by atoms with Crippen molar-refractivity contribution in [1.29, 1.82) is 0 Å². The molecule has 3 nitrogen and oxygen atoms in total. The predicted molar refractivity (Wildman–Crippen MR) is 66.1 cm³/mol. The zero-order valence-electron chi connectivity index (χ0n) is 9.66. The van der Waals surface area contributed by atoms with Crippen LogP contribution in [0.4, 0.5) is 13.2 Å². The van der Waals surface area contributed by atoms with Crippen LogP contribution in [-0.4, -0.2) is 17.1 Å². The molecule has 0 saturated carbocycles. The molecule has 0 unspecified atom stereocenters. The first-order valence-corrected chi connectivity index (χ1v) is 6.40. The summed E-state index contributed by atoms with van der Waals surface area (Å²) in [5, 5.41) is 2.51. The van der Waals surface area contributed by atoms with Crippen LogP contribution in [0.25, 0.3) is 11.3 Å². The molecule has 0 fully saturated rings. The molecule has 8 heteroatoms. The van der Waals surface area contributed by atoms with Crippen LogP contribution < -0.4 is 0 Å². The highest BCUT2D eigenvalue weighted by Gasteiger charge is 2.34. The monoisotopic (exact) mass is 308 g/mol. The molecule has 2 rings (SSSR count). The van der Waals surface area contributed by atoms with E-state index in [2.05, 4.69) is 9.97 Å². The van der Waals surface area contributed by atoms with Crippen LogP contribution in [0.2, 0.25) is 5.15 Å². The van der Waals surface area contributed by atoms with Gasteiger partial charge >= 0.3 is 6.18 Å². The topological polar surface area (TPSA) is 35.0 Å². The lowest BCUT2D eigenvalue weighted by molar-refractivity contribution is -0.136. The Bertz CT molecular complexity index is 586. The van der Waals surface area contributed by atoms with Gasteiger partial charge in [-0.05, 0) is 0 Å². The van der Waals surface area contributed by atoms with Crippen molar-refractivity contribution >= 4 is 22.9 Å². The highest BCUT2D eigenvalue weighted by molar-refractivity contribution is 7.08. The van der Waals surface area contributed by atoms with E-state index < -0.39 is 11.7 Å². The molecule has 0 saturated heterocycles. The van der Waals surface area contributed by atoms with Crippen molar-refractivity contribution in [2.45, 2.75) is 12.8 Å². The zero-order chi connectivity index (χ0) is 14.0. The van der Waals surface area contributed by atoms with Crippen LogP contribution in [0, 0.1) is 0 Å². The fraction of sp³-hybridized carbons (Fsp3) is 0.273. The lowest BCUT2D eigenvalue weighted by atomic mass is 10.1. The van der Waals surface area contributed by atoms with E-state index in [9.17, 15) is 13.2 Å². The molecule has 0 bridgehead atoms. The molecule has 0 atom stereocenters. The smallest absolute Gasteiger partial charge is 0.377 e. The molecule has 2 aromatic heterocycles. The van der Waals surface area contributed by atoms with E-state index in [1.54, 1.807) is 0 Å². The summed E-state index contributed by atoms with van der Waals surface area (Å²) in [6, 6.07) is 1.30. The van der Waals surface area contributed by atoms with Gasteiger partial charge in [0.1, 0.15) is 11.8 Å². The molecule has 0 spiro atoms. The normalized spacial score (nSPS) is 11.8. The molecule has 19 heavy (non-hydrogen) atoms. The number of alkyl halides is 3. The fourth-order valence-electron chi connectivity index (χ4n) is 1.51. The Hall–Kier alpha value is -1.18. The summed E-state index contributed by atoms with van der Waals surface area (Å²) in [4.78, 5) is 7.90. The second-order valence-corrected chi connectivity index (χ2v) is 4.75. The van der Waals surface area contributed by atoms with Crippen molar-refractivity contribution in [3.05, 3.63) is 33.4 Å². The molecular weight excluding hydrogens is 301 g/mol. The van der Waals surface area contributed by atoms with Crippen molar-refractivity contribution in [2.75, 3.05) is 7.11 Å². The minimum absolute atomic E-state index is 0.000784. The van der Waals surface area contributed by atoms with Crippen molar-refractivity contribution < 1.29 is 17.9 Å². The Kier molecular flexibility index (Phi) is 4.07. The molecule has 2 heterocycles. The number of nitrogens with zero attached hydrogens (tertiary/aromatic N) is 2. The third-order valence-corrected chi connectivity index (χ3v) is 3.20. The lowest BCUT2D eigenvalue weighted by Gasteiger charge is -2.09. The predicted octanol–water partition coefficient (Wildman–Crippen LogP) is 4.02. The Morgan fingerprint density at radius 1 is 1.32 bits per heavy atom. The molecule has 0 aromatic carbocycles. The summed E-state index contributed by atoms with van der Waals surface area (Å²) in [6.45, 7) is 0.0824. The second-order valence-electron chi connectivity index (χ2n) is 3.62. The van der Waals surface area contributed by atoms with E-state index in [0.29, 0.717) is 0 Å². The standard InChI is InChI=1S/C11H8ClF3N2OS/c1-18-3-10-16-8(2-9(12)17-10)6-4-19-5-7(6)11(13,14)15/h2,4-5H,3H2,1H3. The van der Waals surface area contributed by atoms with Gasteiger partial charge in [0.05, 0.1) is 11.3 Å². The number of halogens is 4. The van der Waals surface area contributed by atoms with E-state index >= 15 is 0 Å². The molecule has 0 radical (unpaired) electrons. The molecule has 0 aliphatic carbocycles. The van der Waals surface area contributed by atoms with E-state index in [0.717, 1.165) is 16.7 Å². The largest absolute Gasteiger partial charge is 0.417 e. The molecule has 0 N–H and O–H groups in total. The average Bonchev–Trinajstić information content (AvgIpc) is 2.76. The van der Waals surface area contributed by atoms with Gasteiger partial charge in [-0.25, -0.2) is 9.97 Å². The Labute approximate surface area is 116 Å². The average molecular weight is 309 g/mol. The SMILES string of the molecule is COCc1nc(Cl)cc(-c2cscc2C(F)(F)F)n1. The van der Waals surface area contributed by atoms with Crippen molar-refractivity contribution in [2.24, 2.45) is 0 Å². The maximum Gasteiger partial charge on any atom is 0.417 e. The number of hydrogen-bond donors (Lipinski definition) is 0. The summed E-state index contributed by atoms with van der Waals surface area (Å²) in [7, 11) is 1.44. The Morgan fingerprint density at radius 2 is 2.05 bits per heavy atom. The summed E-state index contributed by atoms with van der Waals surface area (Å²) in [6.07, 6.45) is -4.42. The first-order valence-electron chi connectivity index (χ1n) is 5.08. The van der Waals surface area contributed by atoms with E-state index in [4.69, 9.17) is 16.3 Å². The van der Waals surface area contributed by atoms with Gasteiger partial charge in [-0.15, -0.1) is 0 Å². The van der Waals surface area contributed by atoms with Gasteiger partial charge in [0.15, 0.2) is 5.82 Å². The van der Waals surface area contributed by atoms with Gasteiger partial charge < -0.3 is 4.74 Å². The summed E-state index contributed by atoms with van der Waals surface area (Å²) in [5.41, 5.74) is -0.588. The molecule has 102 valence electrons. The molecule has 0 amide bonds. The van der Waals surface area contributed by atoms with Crippen LogP contribution in [0.5, 0.6) is 0 Å². The molecule has 0 aliphatic heterocycles. The number of aromatic nitrogens is 2. The number of ether oxygens (including phenoxy) is 1. The summed E-state index contributed by atoms with van der Waals surface area (Å²) in [5.74, 6) is 0.240. The van der Waals surface area contributed by atoms with Gasteiger partial charge in [-0.3, -0.25) is 0 Å². The van der Waals surface area contributed by atoms with Gasteiger partial charge in [-0.2, -0.15) is 24.5 Å². The maximum atomic E-state index is 12.8. The minimum Gasteiger partial charge on any atom is -0.377 e. The van der Waals surface area contributed by atoms with Gasteiger partial charge in [0.2, 0.25) is 0 Å². The maximum absolute atomic E-state index is 12.8. The second kappa shape index (κ2) is 5.44. The van der Waals surface area contributed by atoms with Gasteiger partial charge in [0.25, 0.3) is 0 Å². The molecule has 2 aromatic rings. The van der Waals surface area contributed by atoms with Crippen LogP contribution in [0.15, 0.2) is 16.8 Å². The van der Waals surface area contributed by atoms with E-state index in [-0.39, 0.29) is 28.8 Å². The van der Waals surface area contributed by atoms with Crippen LogP contribution in [-0.2, 0) is 17.5 Å². The highest BCUT2D eigenvalue weighted by atomic mass is 35.5. The first kappa shape index (κ1) is 14.2. The van der Waals surface area contributed by atoms with Crippen molar-refractivity contribution in [3.63, 3.8) is 0 Å². The van der Waals surface area contributed by atoms with E-state index in [1.165, 1.54) is 18.6 Å². The van der Waals surface area contributed by atoms with Gasteiger partial charge in [-0.1, -0.05) is 11.6 Å². The first-order chi connectivity index (χ1) is 8.91. The lowest BCUT2D eigenvalue weighted by Crippen LogP contribution is -2.06. The van der Waals surface area contributed by atoms with E-state index in [1.807, 2.05) is 0 Å². The molecular formula is C11H8ClF3N2OS. The third kappa shape index (κ3) is 3.23.